The molecule has 1 fully saturated rings. The van der Waals surface area contributed by atoms with E-state index in [2.05, 4.69) is 14.7 Å². The van der Waals surface area contributed by atoms with E-state index in [4.69, 9.17) is 5.41 Å². The molecule has 4 rings (SSSR count). The second-order valence-electron chi connectivity index (χ2n) is 7.46. The van der Waals surface area contributed by atoms with E-state index in [1.165, 1.54) is 4.90 Å². The van der Waals surface area contributed by atoms with Gasteiger partial charge in [0.2, 0.25) is 5.71 Å². The van der Waals surface area contributed by atoms with E-state index in [1.807, 2.05) is 55.5 Å². The summed E-state index contributed by atoms with van der Waals surface area (Å²) in [7, 11) is 0. The van der Waals surface area contributed by atoms with Gasteiger partial charge in [-0.1, -0.05) is 47.6 Å². The Balaban J connectivity index is 1.51. The molecule has 0 radical (unpaired) electrons. The fourth-order valence-electron chi connectivity index (χ4n) is 3.61. The highest BCUT2D eigenvalue weighted by Gasteiger charge is 2.33. The molecule has 0 aliphatic carbocycles. The topological polar surface area (TPSA) is 105 Å². The number of carbonyl (C=O) groups excluding carboxylic acids is 1. The number of amides is 1. The number of rotatable bonds is 5. The number of benzene rings is 2. The Morgan fingerprint density at radius 3 is 2.60 bits per heavy atom. The fourth-order valence-corrected chi connectivity index (χ4v) is 3.61. The van der Waals surface area contributed by atoms with Crippen molar-refractivity contribution in [3.05, 3.63) is 64.6 Å². The molecule has 30 heavy (non-hydrogen) atoms. The molecule has 8 heteroatoms. The van der Waals surface area contributed by atoms with Crippen molar-refractivity contribution in [2.45, 2.75) is 25.4 Å². The standard InChI is InChI=1S/C22H21FN4O3/c1-13(19(24)21(28)27-10-9-18(23)12-27)14-5-7-15(8-6-14)16-3-2-4-17(11-16)20-25-22(29)30-26-20/h2-8,11,13,18,24H,9-10,12H2,1H3,(H,25,26,29)/p+1/t13-,18-/m0/s1. The van der Waals surface area contributed by atoms with Crippen molar-refractivity contribution >= 4 is 11.6 Å². The van der Waals surface area contributed by atoms with E-state index in [1.54, 1.807) is 0 Å². The van der Waals surface area contributed by atoms with Crippen LogP contribution in [0, 0.1) is 0 Å². The van der Waals surface area contributed by atoms with Crippen LogP contribution < -0.4 is 11.2 Å². The number of aromatic amines is 1. The van der Waals surface area contributed by atoms with Crippen molar-refractivity contribution in [3.63, 3.8) is 0 Å². The SMILES string of the molecule is C[C@H](C(=[NH2+])C(=O)N1CC[C@H](F)C1)c1ccc(-c2cccc(-c3noc(=O)[nH]3)c2)cc1. The largest absolute Gasteiger partial charge is 0.439 e. The normalized spacial score (nSPS) is 17.1. The van der Waals surface area contributed by atoms with Gasteiger partial charge in [0.05, 0.1) is 12.5 Å². The number of H-pyrrole nitrogens is 1. The summed E-state index contributed by atoms with van der Waals surface area (Å²) in [4.78, 5) is 27.7. The van der Waals surface area contributed by atoms with Gasteiger partial charge in [0, 0.05) is 12.1 Å². The van der Waals surface area contributed by atoms with Crippen molar-refractivity contribution in [1.82, 2.24) is 15.0 Å². The van der Waals surface area contributed by atoms with Crippen LogP contribution in [0.4, 0.5) is 4.39 Å². The van der Waals surface area contributed by atoms with Crippen LogP contribution in [0.5, 0.6) is 0 Å². The van der Waals surface area contributed by atoms with Crippen molar-refractivity contribution < 1.29 is 19.1 Å². The number of nitrogens with two attached hydrogens (primary N) is 1. The molecule has 2 heterocycles. The number of hydrogen-bond donors (Lipinski definition) is 2. The van der Waals surface area contributed by atoms with Crippen LogP contribution in [0.25, 0.3) is 22.5 Å². The first-order valence-corrected chi connectivity index (χ1v) is 9.75. The van der Waals surface area contributed by atoms with Crippen molar-refractivity contribution in [3.8, 4) is 22.5 Å². The molecular weight excluding hydrogens is 387 g/mol. The lowest BCUT2D eigenvalue weighted by Gasteiger charge is -2.16. The second-order valence-corrected chi connectivity index (χ2v) is 7.46. The zero-order chi connectivity index (χ0) is 21.3. The van der Waals surface area contributed by atoms with Crippen LogP contribution in [0.1, 0.15) is 24.8 Å². The van der Waals surface area contributed by atoms with Gasteiger partial charge in [0.1, 0.15) is 6.17 Å². The van der Waals surface area contributed by atoms with E-state index >= 15 is 0 Å². The minimum Gasteiger partial charge on any atom is -0.331 e. The predicted molar refractivity (Wildman–Crippen MR) is 109 cm³/mol. The van der Waals surface area contributed by atoms with Gasteiger partial charge in [-0.2, -0.15) is 0 Å². The van der Waals surface area contributed by atoms with Gasteiger partial charge >= 0.3 is 11.7 Å². The van der Waals surface area contributed by atoms with Crippen LogP contribution in [0.3, 0.4) is 0 Å². The van der Waals surface area contributed by atoms with Gasteiger partial charge in [0.25, 0.3) is 0 Å². The maximum absolute atomic E-state index is 13.4. The van der Waals surface area contributed by atoms with Gasteiger partial charge in [-0.25, -0.2) is 9.18 Å². The Morgan fingerprint density at radius 2 is 1.97 bits per heavy atom. The molecule has 0 unspecified atom stereocenters. The van der Waals surface area contributed by atoms with Gasteiger partial charge in [0.15, 0.2) is 5.82 Å². The quantitative estimate of drug-likeness (QED) is 0.624. The van der Waals surface area contributed by atoms with Gasteiger partial charge in [-0.3, -0.25) is 19.7 Å². The number of nitrogens with zero attached hydrogens (tertiary/aromatic N) is 2. The molecular formula is C22H22FN4O3+. The Morgan fingerprint density at radius 1 is 1.23 bits per heavy atom. The summed E-state index contributed by atoms with van der Waals surface area (Å²) in [5.74, 6) is -0.809. The third-order valence-corrected chi connectivity index (χ3v) is 5.45. The van der Waals surface area contributed by atoms with Gasteiger partial charge < -0.3 is 4.90 Å². The summed E-state index contributed by atoms with van der Waals surface area (Å²) in [6, 6.07) is 15.3. The molecule has 2 atom stereocenters. The third-order valence-electron chi connectivity index (χ3n) is 5.45. The third kappa shape index (κ3) is 3.94. The monoisotopic (exact) mass is 409 g/mol. The predicted octanol–water partition coefficient (Wildman–Crippen LogP) is 1.57. The van der Waals surface area contributed by atoms with E-state index in [0.29, 0.717) is 18.8 Å². The fraction of sp³-hybridized carbons (Fsp3) is 0.273. The minimum absolute atomic E-state index is 0.109. The van der Waals surface area contributed by atoms with Crippen LogP contribution >= 0.6 is 0 Å². The first-order chi connectivity index (χ1) is 14.4. The summed E-state index contributed by atoms with van der Waals surface area (Å²) in [6.45, 7) is 2.38. The molecule has 1 saturated heterocycles. The average Bonchev–Trinajstić information content (AvgIpc) is 3.40. The number of alkyl halides is 1. The molecule has 0 bridgehead atoms. The van der Waals surface area contributed by atoms with E-state index in [-0.39, 0.29) is 24.1 Å². The van der Waals surface area contributed by atoms with Crippen LogP contribution in [-0.2, 0) is 4.79 Å². The maximum atomic E-state index is 13.4. The average molecular weight is 409 g/mol. The van der Waals surface area contributed by atoms with Crippen LogP contribution in [0.15, 0.2) is 57.8 Å². The first-order valence-electron chi connectivity index (χ1n) is 9.75. The van der Waals surface area contributed by atoms with Crippen molar-refractivity contribution in [1.29, 1.82) is 0 Å². The Labute approximate surface area is 172 Å². The molecule has 0 saturated carbocycles. The number of nitrogens with one attached hydrogen (secondary N) is 1. The number of aromatic nitrogens is 2. The smallest absolute Gasteiger partial charge is 0.331 e. The molecule has 3 N–H and O–H groups in total. The summed E-state index contributed by atoms with van der Waals surface area (Å²) in [6.07, 6.45) is -0.606. The summed E-state index contributed by atoms with van der Waals surface area (Å²) in [5, 5.41) is 9.82. The molecule has 1 aromatic heterocycles. The highest BCUT2D eigenvalue weighted by molar-refractivity contribution is 6.38. The van der Waals surface area contributed by atoms with E-state index < -0.39 is 11.9 Å². The molecule has 1 aliphatic heterocycles. The molecule has 0 spiro atoms. The van der Waals surface area contributed by atoms with Crippen LogP contribution in [-0.4, -0.2) is 45.9 Å². The lowest BCUT2D eigenvalue weighted by Crippen LogP contribution is -2.53. The molecule has 1 amide bonds. The molecule has 1 aliphatic rings. The Hall–Kier alpha value is -3.55. The Bertz CT molecular complexity index is 1140. The number of likely N-dealkylation sites (tertiary alicyclic amines) is 1. The number of hydrogen-bond acceptors (Lipinski definition) is 4. The second kappa shape index (κ2) is 8.06. The first kappa shape index (κ1) is 19.8. The van der Waals surface area contributed by atoms with Gasteiger partial charge in [-0.15, -0.1) is 0 Å². The summed E-state index contributed by atoms with van der Waals surface area (Å²) < 4.78 is 18.0. The summed E-state index contributed by atoms with van der Waals surface area (Å²) in [5.41, 5.74) is 3.75. The lowest BCUT2D eigenvalue weighted by atomic mass is 9.93. The highest BCUT2D eigenvalue weighted by atomic mass is 19.1. The van der Waals surface area contributed by atoms with Crippen molar-refractivity contribution in [2.24, 2.45) is 0 Å². The maximum Gasteiger partial charge on any atom is 0.439 e. The number of halogens is 1. The molecule has 7 nitrogen and oxygen atoms in total. The molecule has 2 aromatic carbocycles. The van der Waals surface area contributed by atoms with Gasteiger partial charge in [-0.05, 0) is 36.1 Å². The van der Waals surface area contributed by atoms with E-state index in [9.17, 15) is 14.0 Å². The van der Waals surface area contributed by atoms with Crippen LogP contribution in [0.2, 0.25) is 0 Å². The number of carbonyl (C=O) groups is 1. The highest BCUT2D eigenvalue weighted by Crippen LogP contribution is 2.26. The Kier molecular flexibility index (Phi) is 5.31. The summed E-state index contributed by atoms with van der Waals surface area (Å²) >= 11 is 0. The van der Waals surface area contributed by atoms with E-state index in [0.717, 1.165) is 22.3 Å². The zero-order valence-corrected chi connectivity index (χ0v) is 16.5. The molecule has 3 aromatic rings. The zero-order valence-electron chi connectivity index (χ0n) is 16.5. The lowest BCUT2D eigenvalue weighted by molar-refractivity contribution is -0.144. The van der Waals surface area contributed by atoms with Crippen molar-refractivity contribution in [2.75, 3.05) is 13.1 Å². The minimum atomic E-state index is -0.970. The molecule has 154 valence electrons.